The molecule has 12 heteroatoms. The van der Waals surface area contributed by atoms with Gasteiger partial charge in [-0.15, -0.1) is 15.3 Å². The van der Waals surface area contributed by atoms with Crippen molar-refractivity contribution in [2.24, 2.45) is 5.10 Å². The second-order valence-electron chi connectivity index (χ2n) is 9.19. The summed E-state index contributed by atoms with van der Waals surface area (Å²) in [6.45, 7) is 2.94. The molecule has 1 amide bonds. The summed E-state index contributed by atoms with van der Waals surface area (Å²) >= 11 is 0. The molecule has 1 saturated heterocycles. The van der Waals surface area contributed by atoms with Crippen molar-refractivity contribution in [2.45, 2.75) is 26.1 Å². The number of benzene rings is 1. The highest BCUT2D eigenvalue weighted by Gasteiger charge is 2.24. The quantitative estimate of drug-likeness (QED) is 0.370. The van der Waals surface area contributed by atoms with Crippen LogP contribution in [0.4, 0.5) is 0 Å². The van der Waals surface area contributed by atoms with Gasteiger partial charge in [-0.05, 0) is 30.2 Å². The van der Waals surface area contributed by atoms with Crippen LogP contribution in [-0.2, 0) is 33.8 Å². The van der Waals surface area contributed by atoms with Crippen LogP contribution in [0.1, 0.15) is 45.2 Å². The lowest BCUT2D eigenvalue weighted by Gasteiger charge is -2.19. The third-order valence-corrected chi connectivity index (χ3v) is 6.50. The number of aromatic nitrogens is 5. The predicted octanol–water partition coefficient (Wildman–Crippen LogP) is 2.67. The van der Waals surface area contributed by atoms with Gasteiger partial charge in [0.25, 0.3) is 5.91 Å². The number of carbonyl (C=O) groups excluding carboxylic acids is 1. The normalized spacial score (nSPS) is 15.1. The highest BCUT2D eigenvalue weighted by atomic mass is 16.5. The van der Waals surface area contributed by atoms with E-state index < -0.39 is 0 Å². The average Bonchev–Trinajstić information content (AvgIpc) is 3.43. The van der Waals surface area contributed by atoms with Crippen LogP contribution < -0.4 is 0 Å². The fourth-order valence-electron chi connectivity index (χ4n) is 4.53. The molecule has 0 atom stereocenters. The van der Waals surface area contributed by atoms with Gasteiger partial charge in [0, 0.05) is 51.1 Å². The third kappa shape index (κ3) is 5.29. The molecule has 2 aliphatic heterocycles. The van der Waals surface area contributed by atoms with Gasteiger partial charge in [-0.2, -0.15) is 4.68 Å². The molecule has 3 aromatic heterocycles. The van der Waals surface area contributed by atoms with Crippen LogP contribution in [0.5, 0.6) is 0 Å². The van der Waals surface area contributed by atoms with Gasteiger partial charge < -0.3 is 23.6 Å². The van der Waals surface area contributed by atoms with Gasteiger partial charge in [-0.25, -0.2) is 0 Å². The largest absolute Gasteiger partial charge is 0.470 e. The summed E-state index contributed by atoms with van der Waals surface area (Å²) in [6.07, 6.45) is 2.93. The van der Waals surface area contributed by atoms with Crippen molar-refractivity contribution in [1.82, 2.24) is 29.9 Å². The molecule has 1 aromatic carbocycles. The number of hydrogen-bond donors (Lipinski definition) is 0. The first-order valence-corrected chi connectivity index (χ1v) is 12.7. The number of nitrogens with zero attached hydrogens (tertiary/aromatic N) is 7. The fourth-order valence-corrected chi connectivity index (χ4v) is 4.53. The summed E-state index contributed by atoms with van der Waals surface area (Å²) in [7, 11) is 1.59. The number of ether oxygens (including phenoxy) is 3. The van der Waals surface area contributed by atoms with Crippen molar-refractivity contribution in [3.63, 3.8) is 0 Å². The topological polar surface area (TPSA) is 130 Å². The number of fused-ring (bicyclic) bond motifs is 2. The molecule has 0 aliphatic carbocycles. The second kappa shape index (κ2) is 11.1. The van der Waals surface area contributed by atoms with E-state index in [1.165, 1.54) is 0 Å². The molecule has 0 unspecified atom stereocenters. The molecule has 0 saturated carbocycles. The maximum absolute atomic E-state index is 12.9. The van der Waals surface area contributed by atoms with Crippen molar-refractivity contribution >= 4 is 11.8 Å². The molecule has 0 N–H and O–H groups in total. The van der Waals surface area contributed by atoms with Crippen molar-refractivity contribution in [2.75, 3.05) is 33.4 Å². The van der Waals surface area contributed by atoms with Gasteiger partial charge in [0.15, 0.2) is 17.3 Å². The Kier molecular flexibility index (Phi) is 7.11. The summed E-state index contributed by atoms with van der Waals surface area (Å²) < 4.78 is 23.8. The molecule has 6 rings (SSSR count). The highest BCUT2D eigenvalue weighted by Crippen LogP contribution is 2.25. The molecule has 0 spiro atoms. The van der Waals surface area contributed by atoms with Crippen LogP contribution in [0.2, 0.25) is 0 Å². The molecular formula is C27H27N7O5. The lowest BCUT2D eigenvalue weighted by Crippen LogP contribution is -2.33. The number of amides is 1. The third-order valence-electron chi connectivity index (χ3n) is 6.50. The number of methoxy groups -OCH3 is 1. The van der Waals surface area contributed by atoms with Gasteiger partial charge >= 0.3 is 0 Å². The van der Waals surface area contributed by atoms with Crippen LogP contribution >= 0.6 is 0 Å². The molecule has 200 valence electrons. The number of hydrogen-bond acceptors (Lipinski definition) is 10. The Labute approximate surface area is 224 Å². The van der Waals surface area contributed by atoms with Crippen molar-refractivity contribution < 1.29 is 23.5 Å². The first kappa shape index (κ1) is 24.9. The van der Waals surface area contributed by atoms with E-state index in [1.54, 1.807) is 41.1 Å². The standard InChI is InChI=1S/C27H27N7O5/c1-36-17-21-14-23(32-39-21)25-30-29-24-13-18-5-2-3-6-22(18)26(31-34(24)25)38-16-20-8-7-19(15-28-20)27(35)33-9-4-11-37-12-10-33/h2-3,5-8,14-15H,4,9-13,16-17H2,1H3. The van der Waals surface area contributed by atoms with Gasteiger partial charge in [0.05, 0.1) is 17.9 Å². The molecule has 12 nitrogen and oxygen atoms in total. The molecular weight excluding hydrogens is 502 g/mol. The van der Waals surface area contributed by atoms with Gasteiger partial charge in [0.2, 0.25) is 11.7 Å². The van der Waals surface area contributed by atoms with E-state index in [4.69, 9.17) is 23.8 Å². The lowest BCUT2D eigenvalue weighted by atomic mass is 10.0. The number of carbonyl (C=O) groups is 1. The minimum absolute atomic E-state index is 0.0447. The van der Waals surface area contributed by atoms with Crippen molar-refractivity contribution in [3.05, 3.63) is 82.6 Å². The van der Waals surface area contributed by atoms with Gasteiger partial charge in [0.1, 0.15) is 13.2 Å². The average molecular weight is 530 g/mol. The molecule has 4 aromatic rings. The monoisotopic (exact) mass is 529 g/mol. The summed E-state index contributed by atoms with van der Waals surface area (Å²) in [6, 6.07) is 13.2. The lowest BCUT2D eigenvalue weighted by molar-refractivity contribution is 0.0740. The summed E-state index contributed by atoms with van der Waals surface area (Å²) in [5, 5.41) is 17.5. The molecule has 39 heavy (non-hydrogen) atoms. The Morgan fingerprint density at radius 3 is 2.87 bits per heavy atom. The van der Waals surface area contributed by atoms with Crippen LogP contribution in [0.25, 0.3) is 11.5 Å². The minimum Gasteiger partial charge on any atom is -0.470 e. The van der Waals surface area contributed by atoms with E-state index in [1.807, 2.05) is 24.3 Å². The van der Waals surface area contributed by atoms with E-state index in [-0.39, 0.29) is 12.5 Å². The van der Waals surface area contributed by atoms with Crippen LogP contribution in [-0.4, -0.2) is 75.1 Å². The number of rotatable bonds is 6. The van der Waals surface area contributed by atoms with E-state index in [0.717, 1.165) is 17.5 Å². The minimum atomic E-state index is -0.0447. The Balaban J connectivity index is 1.24. The Hall–Kier alpha value is -4.42. The fraction of sp³-hybridized carbons (Fsp3) is 0.333. The predicted molar refractivity (Wildman–Crippen MR) is 138 cm³/mol. The maximum Gasteiger partial charge on any atom is 0.255 e. The Morgan fingerprint density at radius 1 is 1.08 bits per heavy atom. The smallest absolute Gasteiger partial charge is 0.255 e. The zero-order chi connectivity index (χ0) is 26.6. The Bertz CT molecular complexity index is 1490. The maximum atomic E-state index is 12.9. The molecule has 0 bridgehead atoms. The van der Waals surface area contributed by atoms with E-state index in [0.29, 0.717) is 79.6 Å². The number of pyridine rings is 1. The summed E-state index contributed by atoms with van der Waals surface area (Å²) in [4.78, 5) is 19.2. The summed E-state index contributed by atoms with van der Waals surface area (Å²) in [5.41, 5.74) is 3.55. The van der Waals surface area contributed by atoms with E-state index in [9.17, 15) is 4.79 Å². The van der Waals surface area contributed by atoms with Gasteiger partial charge in [-0.3, -0.25) is 9.78 Å². The van der Waals surface area contributed by atoms with Crippen LogP contribution in [0.15, 0.2) is 58.3 Å². The molecule has 0 radical (unpaired) electrons. The second-order valence-corrected chi connectivity index (χ2v) is 9.19. The van der Waals surface area contributed by atoms with E-state index >= 15 is 0 Å². The summed E-state index contributed by atoms with van der Waals surface area (Å²) in [5.74, 6) is 2.01. The SMILES string of the molecule is COCc1cc(-c2nnc3n2N=C(OCc2ccc(C(=O)N4CCCOCC4)cn2)c2ccccc2C3)no1. The zero-order valence-corrected chi connectivity index (χ0v) is 21.4. The van der Waals surface area contributed by atoms with Gasteiger partial charge in [-0.1, -0.05) is 23.4 Å². The van der Waals surface area contributed by atoms with E-state index in [2.05, 4.69) is 20.3 Å². The van der Waals surface area contributed by atoms with Crippen molar-refractivity contribution in [1.29, 1.82) is 0 Å². The zero-order valence-electron chi connectivity index (χ0n) is 21.4. The first-order valence-electron chi connectivity index (χ1n) is 12.7. The first-order chi connectivity index (χ1) is 19.2. The molecule has 1 fully saturated rings. The van der Waals surface area contributed by atoms with Crippen molar-refractivity contribution in [3.8, 4) is 11.5 Å². The van der Waals surface area contributed by atoms with Crippen LogP contribution in [0, 0.1) is 0 Å². The van der Waals surface area contributed by atoms with Crippen LogP contribution in [0.3, 0.4) is 0 Å². The molecule has 2 aliphatic rings. The molecule has 5 heterocycles. The highest BCUT2D eigenvalue weighted by molar-refractivity contribution is 5.96. The Morgan fingerprint density at radius 2 is 2.00 bits per heavy atom.